The van der Waals surface area contributed by atoms with Gasteiger partial charge in [0, 0.05) is 38.2 Å². The third-order valence-corrected chi connectivity index (χ3v) is 3.45. The van der Waals surface area contributed by atoms with Gasteiger partial charge < -0.3 is 10.1 Å². The van der Waals surface area contributed by atoms with Crippen molar-refractivity contribution in [1.29, 1.82) is 0 Å². The van der Waals surface area contributed by atoms with Crippen molar-refractivity contribution in [3.05, 3.63) is 77.9 Å². The van der Waals surface area contributed by atoms with Crippen LogP contribution in [0.1, 0.15) is 19.4 Å². The van der Waals surface area contributed by atoms with Gasteiger partial charge in [-0.2, -0.15) is 0 Å². The number of hydrogen-bond acceptors (Lipinski definition) is 3. The van der Waals surface area contributed by atoms with Crippen molar-refractivity contribution in [1.82, 2.24) is 4.98 Å². The minimum atomic E-state index is -0.249. The van der Waals surface area contributed by atoms with Crippen molar-refractivity contribution in [2.75, 3.05) is 0 Å². The average molecular weight is 529 g/mol. The van der Waals surface area contributed by atoms with Gasteiger partial charge in [-0.3, -0.25) is 9.18 Å². The second-order valence-electron chi connectivity index (χ2n) is 5.63. The number of benzene rings is 2. The number of aromatic nitrogens is 1. The normalized spacial score (nSPS) is 10.5. The Labute approximate surface area is 165 Å². The number of rotatable bonds is 2. The maximum atomic E-state index is 14.1. The predicted octanol–water partition coefficient (Wildman–Crippen LogP) is 5.18. The van der Waals surface area contributed by atoms with E-state index >= 15 is 0 Å². The van der Waals surface area contributed by atoms with E-state index in [9.17, 15) is 9.18 Å². The number of nitrogens with zero attached hydrogens (tertiary/aromatic N) is 1. The zero-order valence-corrected chi connectivity index (χ0v) is 17.1. The molecule has 0 saturated heterocycles. The van der Waals surface area contributed by atoms with Crippen molar-refractivity contribution >= 4 is 16.6 Å². The van der Waals surface area contributed by atoms with Crippen molar-refractivity contribution in [2.45, 2.75) is 20.8 Å². The number of pyridine rings is 1. The van der Waals surface area contributed by atoms with Gasteiger partial charge in [-0.05, 0) is 36.4 Å². The van der Waals surface area contributed by atoms with Crippen LogP contribution in [0, 0.1) is 18.8 Å². The Balaban J connectivity index is 0.000000366. The molecule has 1 N–H and O–H groups in total. The molecule has 0 unspecified atom stereocenters. The fraction of sp³-hybridized carbons (Fsp3) is 0.143. The van der Waals surface area contributed by atoms with Crippen LogP contribution in [0.5, 0.6) is 0 Å². The molecule has 0 atom stereocenters. The number of aliphatic hydroxyl groups is 1. The number of carbonyl (C=O) groups excluding carboxylic acids is 1. The Kier molecular flexibility index (Phi) is 8.30. The summed E-state index contributed by atoms with van der Waals surface area (Å²) in [7, 11) is 0. The van der Waals surface area contributed by atoms with Crippen LogP contribution in [-0.2, 0) is 24.9 Å². The average Bonchev–Trinajstić information content (AvgIpc) is 2.56. The van der Waals surface area contributed by atoms with Gasteiger partial charge in [0.2, 0.25) is 0 Å². The number of aryl methyl sites for hydroxylation is 1. The van der Waals surface area contributed by atoms with E-state index < -0.39 is 0 Å². The van der Waals surface area contributed by atoms with E-state index in [0.717, 1.165) is 10.8 Å². The van der Waals surface area contributed by atoms with Crippen LogP contribution < -0.4 is 0 Å². The second-order valence-corrected chi connectivity index (χ2v) is 5.63. The molecule has 3 nitrogen and oxygen atoms in total. The summed E-state index contributed by atoms with van der Waals surface area (Å²) in [6.45, 7) is 4.60. The number of carbonyl (C=O) groups is 1. The Morgan fingerprint density at radius 2 is 1.88 bits per heavy atom. The quantitative estimate of drug-likeness (QED) is 0.283. The predicted molar refractivity (Wildman–Crippen MR) is 97.8 cm³/mol. The largest absolute Gasteiger partial charge is 0.512 e. The molecule has 0 aliphatic heterocycles. The van der Waals surface area contributed by atoms with Gasteiger partial charge in [-0.25, -0.2) is 0 Å². The molecular weight excluding hydrogens is 509 g/mol. The van der Waals surface area contributed by atoms with Crippen molar-refractivity contribution < 1.29 is 34.4 Å². The van der Waals surface area contributed by atoms with E-state index in [-0.39, 0.29) is 37.5 Å². The summed E-state index contributed by atoms with van der Waals surface area (Å²) in [6.07, 6.45) is 2.87. The van der Waals surface area contributed by atoms with Crippen LogP contribution in [0.2, 0.25) is 0 Å². The van der Waals surface area contributed by atoms with Crippen LogP contribution in [-0.4, -0.2) is 15.9 Å². The first-order valence-electron chi connectivity index (χ1n) is 7.79. The maximum absolute atomic E-state index is 14.1. The molecule has 0 saturated carbocycles. The summed E-state index contributed by atoms with van der Waals surface area (Å²) in [5, 5.41) is 10.4. The van der Waals surface area contributed by atoms with Gasteiger partial charge in [0.1, 0.15) is 0 Å². The summed E-state index contributed by atoms with van der Waals surface area (Å²) >= 11 is 0. The Morgan fingerprint density at radius 3 is 2.50 bits per heavy atom. The van der Waals surface area contributed by atoms with Gasteiger partial charge in [0.05, 0.1) is 5.76 Å². The Morgan fingerprint density at radius 1 is 1.19 bits per heavy atom. The van der Waals surface area contributed by atoms with E-state index in [4.69, 9.17) is 5.11 Å². The summed E-state index contributed by atoms with van der Waals surface area (Å²) in [4.78, 5) is 14.3. The maximum Gasteiger partial charge on any atom is 0.155 e. The smallest absolute Gasteiger partial charge is 0.155 e. The molecule has 0 amide bonds. The van der Waals surface area contributed by atoms with Crippen LogP contribution in [0.25, 0.3) is 22.0 Å². The van der Waals surface area contributed by atoms with Gasteiger partial charge in [0.15, 0.2) is 5.78 Å². The molecule has 5 heteroatoms. The first kappa shape index (κ1) is 21.7. The molecule has 0 bridgehead atoms. The number of allylic oxidation sites excluding steroid dienone is 2. The van der Waals surface area contributed by atoms with Crippen molar-refractivity contribution in [3.63, 3.8) is 0 Å². The van der Waals surface area contributed by atoms with Gasteiger partial charge in [-0.1, -0.05) is 42.3 Å². The molecule has 26 heavy (non-hydrogen) atoms. The van der Waals surface area contributed by atoms with Crippen LogP contribution in [0.3, 0.4) is 0 Å². The summed E-state index contributed by atoms with van der Waals surface area (Å²) in [5.41, 5.74) is 1.69. The van der Waals surface area contributed by atoms with Crippen LogP contribution >= 0.6 is 0 Å². The van der Waals surface area contributed by atoms with Crippen LogP contribution in [0.4, 0.5) is 4.39 Å². The molecule has 3 rings (SSSR count). The monoisotopic (exact) mass is 529 g/mol. The molecular formula is C21H19FIrNO2-. The van der Waals surface area contributed by atoms with E-state index in [2.05, 4.69) is 11.1 Å². The second kappa shape index (κ2) is 9.95. The fourth-order valence-electron chi connectivity index (χ4n) is 2.37. The molecule has 2 aromatic carbocycles. The Hall–Kier alpha value is -2.36. The third kappa shape index (κ3) is 5.58. The van der Waals surface area contributed by atoms with E-state index in [1.54, 1.807) is 25.3 Å². The number of fused-ring (bicyclic) bond motifs is 1. The molecule has 1 radical (unpaired) electrons. The van der Waals surface area contributed by atoms with Gasteiger partial charge in [0.25, 0.3) is 0 Å². The van der Waals surface area contributed by atoms with E-state index in [0.29, 0.717) is 16.8 Å². The molecule has 3 aromatic rings. The summed E-state index contributed by atoms with van der Waals surface area (Å²) in [5.74, 6) is -0.311. The fourth-order valence-corrected chi connectivity index (χ4v) is 2.37. The van der Waals surface area contributed by atoms with Crippen LogP contribution in [0.15, 0.2) is 60.5 Å². The molecule has 0 spiro atoms. The molecule has 1 heterocycles. The van der Waals surface area contributed by atoms with E-state index in [1.807, 2.05) is 30.3 Å². The number of halogens is 1. The zero-order valence-electron chi connectivity index (χ0n) is 14.7. The molecule has 0 fully saturated rings. The summed E-state index contributed by atoms with van der Waals surface area (Å²) in [6, 6.07) is 16.2. The minimum Gasteiger partial charge on any atom is -0.512 e. The first-order valence-corrected chi connectivity index (χ1v) is 7.79. The van der Waals surface area contributed by atoms with Gasteiger partial charge >= 0.3 is 0 Å². The molecule has 137 valence electrons. The molecule has 0 aliphatic carbocycles. The van der Waals surface area contributed by atoms with E-state index in [1.165, 1.54) is 19.9 Å². The van der Waals surface area contributed by atoms with Crippen molar-refractivity contribution in [3.8, 4) is 11.3 Å². The topological polar surface area (TPSA) is 50.2 Å². The number of hydrogen-bond donors (Lipinski definition) is 1. The number of aliphatic hydroxyl groups excluding tert-OH is 1. The molecule has 0 aliphatic rings. The first-order chi connectivity index (χ1) is 11.9. The SMILES string of the molecule is CC(=O)/C=C(/C)O.Cc1cc[c-]c(-c2nccc3ccccc23)c1F.[Ir]. The standard InChI is InChI=1S/C16H11FN.C5H8O2.Ir/c1-11-5-4-8-14(15(11)17)16-13-7-3-2-6-12(13)9-10-18-16;1-4(6)3-5(2)7;/h2-7,9-10H,1H3;3,6H,1-2H3;/q-1;;/b;4-3-;. The number of ketones is 1. The van der Waals surface area contributed by atoms with Crippen molar-refractivity contribution in [2.24, 2.45) is 0 Å². The molecule has 1 aromatic heterocycles. The Bertz CT molecular complexity index is 929. The summed E-state index contributed by atoms with van der Waals surface area (Å²) < 4.78 is 14.1. The van der Waals surface area contributed by atoms with Gasteiger partial charge in [-0.15, -0.1) is 18.2 Å². The minimum absolute atomic E-state index is 0. The zero-order chi connectivity index (χ0) is 18.4. The third-order valence-electron chi connectivity index (χ3n) is 3.45.